The van der Waals surface area contributed by atoms with E-state index in [0.29, 0.717) is 17.7 Å². The smallest absolute Gasteiger partial charge is 0.256 e. The molecule has 27 heavy (non-hydrogen) atoms. The van der Waals surface area contributed by atoms with Gasteiger partial charge in [0.1, 0.15) is 0 Å². The topological polar surface area (TPSA) is 84.2 Å². The average molecular weight is 388 g/mol. The summed E-state index contributed by atoms with van der Waals surface area (Å²) >= 11 is 0. The lowest BCUT2D eigenvalue weighted by Gasteiger charge is -2.16. The maximum Gasteiger partial charge on any atom is 0.256 e. The summed E-state index contributed by atoms with van der Waals surface area (Å²) in [6.07, 6.45) is 3.52. The Bertz CT molecular complexity index is 795. The van der Waals surface area contributed by atoms with Gasteiger partial charge in [-0.3, -0.25) is 9.59 Å². The zero-order valence-corrected chi connectivity index (χ0v) is 16.2. The summed E-state index contributed by atoms with van der Waals surface area (Å²) in [6.45, 7) is 1.84. The first-order valence-electron chi connectivity index (χ1n) is 9.06. The molecule has 0 bridgehead atoms. The maximum absolute atomic E-state index is 12.6. The van der Waals surface area contributed by atoms with Crippen LogP contribution in [-0.2, 0) is 4.79 Å². The van der Waals surface area contributed by atoms with E-state index in [1.165, 1.54) is 0 Å². The summed E-state index contributed by atoms with van der Waals surface area (Å²) in [6, 6.07) is 14.8. The normalized spacial score (nSPS) is 18.4. The van der Waals surface area contributed by atoms with E-state index in [9.17, 15) is 9.59 Å². The van der Waals surface area contributed by atoms with E-state index < -0.39 is 0 Å². The molecule has 2 aromatic carbocycles. The molecule has 0 saturated heterocycles. The van der Waals surface area contributed by atoms with E-state index in [0.717, 1.165) is 30.5 Å². The number of halogens is 1. The van der Waals surface area contributed by atoms with Crippen LogP contribution in [0.25, 0.3) is 0 Å². The third-order valence-corrected chi connectivity index (χ3v) is 5.05. The van der Waals surface area contributed by atoms with E-state index in [-0.39, 0.29) is 36.2 Å². The van der Waals surface area contributed by atoms with Crippen molar-refractivity contribution in [3.05, 3.63) is 59.7 Å². The van der Waals surface area contributed by atoms with Gasteiger partial charge in [-0.1, -0.05) is 30.7 Å². The minimum atomic E-state index is -0.192. The molecule has 4 N–H and O–H groups in total. The Morgan fingerprint density at radius 1 is 1.04 bits per heavy atom. The largest absolute Gasteiger partial charge is 0.327 e. The third kappa shape index (κ3) is 5.31. The Kier molecular flexibility index (Phi) is 7.39. The molecule has 5 nitrogen and oxygen atoms in total. The Morgan fingerprint density at radius 3 is 2.44 bits per heavy atom. The second kappa shape index (κ2) is 9.53. The number of hydrogen-bond donors (Lipinski definition) is 3. The minimum absolute atomic E-state index is 0. The van der Waals surface area contributed by atoms with Gasteiger partial charge in [0.15, 0.2) is 0 Å². The first kappa shape index (κ1) is 20.9. The van der Waals surface area contributed by atoms with Gasteiger partial charge in [0.2, 0.25) is 5.91 Å². The lowest BCUT2D eigenvalue weighted by atomic mass is 9.99. The predicted molar refractivity (Wildman–Crippen MR) is 111 cm³/mol. The molecule has 2 aromatic rings. The van der Waals surface area contributed by atoms with E-state index in [2.05, 4.69) is 10.6 Å². The Balaban J connectivity index is 0.00000261. The molecule has 0 unspecified atom stereocenters. The lowest BCUT2D eigenvalue weighted by molar-refractivity contribution is -0.117. The number of para-hydroxylation sites is 1. The lowest BCUT2D eigenvalue weighted by Crippen LogP contribution is -2.28. The van der Waals surface area contributed by atoms with Crippen molar-refractivity contribution < 1.29 is 9.59 Å². The second-order valence-electron chi connectivity index (χ2n) is 6.91. The molecule has 144 valence electrons. The van der Waals surface area contributed by atoms with Crippen molar-refractivity contribution in [2.75, 3.05) is 10.6 Å². The molecule has 0 heterocycles. The molecule has 2 atom stereocenters. The molecule has 1 aliphatic carbocycles. The predicted octanol–water partition coefficient (Wildman–Crippen LogP) is 4.13. The van der Waals surface area contributed by atoms with E-state index in [1.807, 2.05) is 43.3 Å². The van der Waals surface area contributed by atoms with Gasteiger partial charge in [-0.2, -0.15) is 0 Å². The highest BCUT2D eigenvalue weighted by molar-refractivity contribution is 6.06. The van der Waals surface area contributed by atoms with Gasteiger partial charge in [-0.05, 0) is 55.5 Å². The molecule has 3 rings (SSSR count). The molecule has 1 saturated carbocycles. The second-order valence-corrected chi connectivity index (χ2v) is 6.91. The van der Waals surface area contributed by atoms with Crippen LogP contribution in [0, 0.1) is 12.8 Å². The van der Waals surface area contributed by atoms with Crippen LogP contribution in [0.15, 0.2) is 48.5 Å². The van der Waals surface area contributed by atoms with Gasteiger partial charge in [0.05, 0.1) is 0 Å². The number of benzene rings is 2. The van der Waals surface area contributed by atoms with Crippen LogP contribution in [-0.4, -0.2) is 17.9 Å². The zero-order valence-electron chi connectivity index (χ0n) is 15.4. The summed E-state index contributed by atoms with van der Waals surface area (Å²) in [4.78, 5) is 24.9. The van der Waals surface area contributed by atoms with Crippen molar-refractivity contribution in [3.63, 3.8) is 0 Å². The number of nitrogens with two attached hydrogens (primary N) is 1. The summed E-state index contributed by atoms with van der Waals surface area (Å²) in [5.41, 5.74) is 8.76. The van der Waals surface area contributed by atoms with Gasteiger partial charge in [-0.25, -0.2) is 0 Å². The minimum Gasteiger partial charge on any atom is -0.327 e. The fourth-order valence-corrected chi connectivity index (χ4v) is 3.50. The van der Waals surface area contributed by atoms with Gasteiger partial charge in [0.25, 0.3) is 5.91 Å². The fraction of sp³-hybridized carbons (Fsp3) is 0.333. The van der Waals surface area contributed by atoms with Crippen LogP contribution in [0.1, 0.15) is 41.6 Å². The first-order chi connectivity index (χ1) is 12.5. The van der Waals surface area contributed by atoms with Gasteiger partial charge in [0, 0.05) is 29.4 Å². The van der Waals surface area contributed by atoms with Crippen LogP contribution in [0.2, 0.25) is 0 Å². The number of nitrogens with one attached hydrogen (secondary N) is 2. The van der Waals surface area contributed by atoms with Gasteiger partial charge >= 0.3 is 0 Å². The number of amides is 2. The average Bonchev–Trinajstić information content (AvgIpc) is 3.02. The fourth-order valence-electron chi connectivity index (χ4n) is 3.50. The van der Waals surface area contributed by atoms with Crippen LogP contribution in [0.3, 0.4) is 0 Å². The van der Waals surface area contributed by atoms with E-state index >= 15 is 0 Å². The Hall–Kier alpha value is -2.37. The monoisotopic (exact) mass is 387 g/mol. The summed E-state index contributed by atoms with van der Waals surface area (Å²) < 4.78 is 0. The standard InChI is InChI=1S/C21H25N3O2.ClH/c1-14-17(21(26)23-16-8-3-2-4-9-16)10-6-12-19(14)24-20(25)13-15-7-5-11-18(15)22;/h2-4,6,8-10,12,15,18H,5,7,11,13,22H2,1H3,(H,23,26)(H,24,25);1H/t15-,18+;/m0./s1. The quantitative estimate of drug-likeness (QED) is 0.721. The van der Waals surface area contributed by atoms with Crippen LogP contribution in [0.5, 0.6) is 0 Å². The van der Waals surface area contributed by atoms with Crippen molar-refractivity contribution in [1.82, 2.24) is 0 Å². The number of hydrogen-bond acceptors (Lipinski definition) is 3. The van der Waals surface area contributed by atoms with Crippen LogP contribution < -0.4 is 16.4 Å². The zero-order chi connectivity index (χ0) is 18.5. The molecule has 0 spiro atoms. The molecular weight excluding hydrogens is 362 g/mol. The van der Waals surface area contributed by atoms with Crippen molar-refractivity contribution in [2.24, 2.45) is 11.7 Å². The Labute approximate surface area is 166 Å². The van der Waals surface area contributed by atoms with Crippen molar-refractivity contribution in [2.45, 2.75) is 38.6 Å². The van der Waals surface area contributed by atoms with Crippen LogP contribution in [0.4, 0.5) is 11.4 Å². The van der Waals surface area contributed by atoms with E-state index in [4.69, 9.17) is 5.73 Å². The summed E-state index contributed by atoms with van der Waals surface area (Å²) in [5, 5.41) is 5.82. The van der Waals surface area contributed by atoms with Gasteiger partial charge in [-0.15, -0.1) is 12.4 Å². The van der Waals surface area contributed by atoms with Gasteiger partial charge < -0.3 is 16.4 Å². The molecular formula is C21H26ClN3O2. The molecule has 0 aliphatic heterocycles. The number of carbonyl (C=O) groups excluding carboxylic acids is 2. The SMILES string of the molecule is Cc1c(NC(=O)C[C@@H]2CCC[C@H]2N)cccc1C(=O)Nc1ccccc1.Cl. The summed E-state index contributed by atoms with van der Waals surface area (Å²) in [5.74, 6) is 0.0125. The van der Waals surface area contributed by atoms with Crippen LogP contribution >= 0.6 is 12.4 Å². The van der Waals surface area contributed by atoms with Crippen molar-refractivity contribution in [3.8, 4) is 0 Å². The molecule has 6 heteroatoms. The highest BCUT2D eigenvalue weighted by Crippen LogP contribution is 2.28. The highest BCUT2D eigenvalue weighted by atomic mass is 35.5. The molecule has 0 aromatic heterocycles. The highest BCUT2D eigenvalue weighted by Gasteiger charge is 2.26. The maximum atomic E-state index is 12.6. The number of carbonyl (C=O) groups is 2. The van der Waals surface area contributed by atoms with E-state index in [1.54, 1.807) is 12.1 Å². The molecule has 1 fully saturated rings. The third-order valence-electron chi connectivity index (χ3n) is 5.05. The molecule has 1 aliphatic rings. The Morgan fingerprint density at radius 2 is 1.78 bits per heavy atom. The first-order valence-corrected chi connectivity index (χ1v) is 9.06. The number of anilines is 2. The van der Waals surface area contributed by atoms with Crippen molar-refractivity contribution >= 4 is 35.6 Å². The van der Waals surface area contributed by atoms with Crippen molar-refractivity contribution in [1.29, 1.82) is 0 Å². The summed E-state index contributed by atoms with van der Waals surface area (Å²) in [7, 11) is 0. The number of rotatable bonds is 5. The molecule has 2 amide bonds. The molecule has 0 radical (unpaired) electrons.